The summed E-state index contributed by atoms with van der Waals surface area (Å²) in [6.07, 6.45) is 0. The lowest BCUT2D eigenvalue weighted by molar-refractivity contribution is 0.0806. The third kappa shape index (κ3) is 4.37. The fourth-order valence-electron chi connectivity index (χ4n) is 1.51. The van der Waals surface area contributed by atoms with E-state index in [4.69, 9.17) is 4.74 Å². The second kappa shape index (κ2) is 7.01. The van der Waals surface area contributed by atoms with Crippen LogP contribution in [0.3, 0.4) is 0 Å². The zero-order valence-electron chi connectivity index (χ0n) is 11.1. The Morgan fingerprint density at radius 1 is 1.33 bits per heavy atom. The maximum Gasteiger partial charge on any atom is 0.251 e. The standard InChI is InChI=1S/C14H21NO3/c1-4-18-9-13(10(2)3)15-14(17)11-5-7-12(16)8-6-11/h5-8,10,13,16H,4,9H2,1-3H3,(H,15,17). The normalized spacial score (nSPS) is 12.4. The molecule has 1 amide bonds. The van der Waals surface area contributed by atoms with Crippen LogP contribution in [0.1, 0.15) is 31.1 Å². The zero-order valence-corrected chi connectivity index (χ0v) is 11.1. The van der Waals surface area contributed by atoms with Gasteiger partial charge in [0.15, 0.2) is 0 Å². The van der Waals surface area contributed by atoms with E-state index >= 15 is 0 Å². The molecule has 0 heterocycles. The Kier molecular flexibility index (Phi) is 5.65. The summed E-state index contributed by atoms with van der Waals surface area (Å²) in [5.74, 6) is 0.312. The molecule has 0 fully saturated rings. The molecule has 100 valence electrons. The monoisotopic (exact) mass is 251 g/mol. The van der Waals surface area contributed by atoms with Crippen molar-refractivity contribution in [3.63, 3.8) is 0 Å². The lowest BCUT2D eigenvalue weighted by Gasteiger charge is -2.22. The Labute approximate surface area is 108 Å². The maximum absolute atomic E-state index is 12.0. The van der Waals surface area contributed by atoms with Crippen LogP contribution in [0.5, 0.6) is 5.75 Å². The first-order valence-electron chi connectivity index (χ1n) is 6.22. The third-order valence-corrected chi connectivity index (χ3v) is 2.75. The van der Waals surface area contributed by atoms with Gasteiger partial charge in [-0.2, -0.15) is 0 Å². The first-order valence-corrected chi connectivity index (χ1v) is 6.22. The highest BCUT2D eigenvalue weighted by Crippen LogP contribution is 2.10. The molecule has 1 unspecified atom stereocenters. The van der Waals surface area contributed by atoms with E-state index in [2.05, 4.69) is 5.32 Å². The number of nitrogens with one attached hydrogen (secondary N) is 1. The van der Waals surface area contributed by atoms with E-state index in [1.54, 1.807) is 12.1 Å². The second-order valence-corrected chi connectivity index (χ2v) is 4.53. The molecule has 0 aromatic heterocycles. The van der Waals surface area contributed by atoms with Gasteiger partial charge in [0.1, 0.15) is 5.75 Å². The fraction of sp³-hybridized carbons (Fsp3) is 0.500. The first-order chi connectivity index (χ1) is 8.54. The lowest BCUT2D eigenvalue weighted by Crippen LogP contribution is -2.41. The van der Waals surface area contributed by atoms with Gasteiger partial charge in [0.05, 0.1) is 12.6 Å². The van der Waals surface area contributed by atoms with Gasteiger partial charge in [-0.15, -0.1) is 0 Å². The molecule has 18 heavy (non-hydrogen) atoms. The number of benzene rings is 1. The molecular weight excluding hydrogens is 230 g/mol. The Balaban J connectivity index is 2.63. The number of amides is 1. The smallest absolute Gasteiger partial charge is 0.251 e. The highest BCUT2D eigenvalue weighted by atomic mass is 16.5. The van der Waals surface area contributed by atoms with Gasteiger partial charge in [-0.1, -0.05) is 13.8 Å². The number of phenolic OH excluding ortho intramolecular Hbond substituents is 1. The average Bonchev–Trinajstić information content (AvgIpc) is 2.34. The molecule has 0 aliphatic rings. The molecule has 1 rings (SSSR count). The number of hydrogen-bond donors (Lipinski definition) is 2. The van der Waals surface area contributed by atoms with E-state index in [0.717, 1.165) is 0 Å². The van der Waals surface area contributed by atoms with E-state index in [1.165, 1.54) is 12.1 Å². The van der Waals surface area contributed by atoms with Crippen LogP contribution >= 0.6 is 0 Å². The predicted octanol–water partition coefficient (Wildman–Crippen LogP) is 2.18. The summed E-state index contributed by atoms with van der Waals surface area (Å²) in [5.41, 5.74) is 0.537. The van der Waals surface area contributed by atoms with Gasteiger partial charge in [0, 0.05) is 12.2 Å². The second-order valence-electron chi connectivity index (χ2n) is 4.53. The van der Waals surface area contributed by atoms with Crippen molar-refractivity contribution >= 4 is 5.91 Å². The minimum absolute atomic E-state index is 0.00810. The summed E-state index contributed by atoms with van der Waals surface area (Å²) in [6.45, 7) is 7.16. The molecular formula is C14H21NO3. The minimum atomic E-state index is -0.145. The van der Waals surface area contributed by atoms with Crippen LogP contribution in [-0.2, 0) is 4.74 Å². The summed E-state index contributed by atoms with van der Waals surface area (Å²) in [5, 5.41) is 12.1. The van der Waals surface area contributed by atoms with E-state index in [9.17, 15) is 9.90 Å². The number of phenols is 1. The molecule has 0 aliphatic heterocycles. The largest absolute Gasteiger partial charge is 0.508 e. The predicted molar refractivity (Wildman–Crippen MR) is 70.7 cm³/mol. The zero-order chi connectivity index (χ0) is 13.5. The number of hydrogen-bond acceptors (Lipinski definition) is 3. The van der Waals surface area contributed by atoms with Crippen LogP contribution < -0.4 is 5.32 Å². The topological polar surface area (TPSA) is 58.6 Å². The molecule has 0 saturated heterocycles. The highest BCUT2D eigenvalue weighted by Gasteiger charge is 2.17. The van der Waals surface area contributed by atoms with Crippen molar-refractivity contribution in [3.05, 3.63) is 29.8 Å². The summed E-state index contributed by atoms with van der Waals surface area (Å²) in [7, 11) is 0. The Morgan fingerprint density at radius 2 is 1.94 bits per heavy atom. The van der Waals surface area contributed by atoms with Crippen molar-refractivity contribution in [1.82, 2.24) is 5.32 Å². The molecule has 4 nitrogen and oxygen atoms in total. The van der Waals surface area contributed by atoms with Crippen molar-refractivity contribution in [1.29, 1.82) is 0 Å². The summed E-state index contributed by atoms with van der Waals surface area (Å²) in [4.78, 5) is 12.0. The van der Waals surface area contributed by atoms with Crippen molar-refractivity contribution in [2.45, 2.75) is 26.8 Å². The van der Waals surface area contributed by atoms with Gasteiger partial charge < -0.3 is 15.2 Å². The van der Waals surface area contributed by atoms with Crippen LogP contribution in [0, 0.1) is 5.92 Å². The first kappa shape index (κ1) is 14.5. The van der Waals surface area contributed by atoms with Crippen molar-refractivity contribution in [2.75, 3.05) is 13.2 Å². The summed E-state index contributed by atoms with van der Waals surface area (Å²) in [6, 6.07) is 6.20. The summed E-state index contributed by atoms with van der Waals surface area (Å²) < 4.78 is 5.36. The maximum atomic E-state index is 12.0. The third-order valence-electron chi connectivity index (χ3n) is 2.75. The molecule has 0 aliphatic carbocycles. The molecule has 1 atom stereocenters. The van der Waals surface area contributed by atoms with Crippen molar-refractivity contribution < 1.29 is 14.6 Å². The van der Waals surface area contributed by atoms with Crippen LogP contribution in [0.15, 0.2) is 24.3 Å². The number of rotatable bonds is 6. The Morgan fingerprint density at radius 3 is 2.44 bits per heavy atom. The van der Waals surface area contributed by atoms with Gasteiger partial charge in [-0.05, 0) is 37.1 Å². The highest BCUT2D eigenvalue weighted by molar-refractivity contribution is 5.94. The minimum Gasteiger partial charge on any atom is -0.508 e. The molecule has 1 aromatic carbocycles. The Hall–Kier alpha value is -1.55. The van der Waals surface area contributed by atoms with Crippen LogP contribution in [0.4, 0.5) is 0 Å². The molecule has 0 saturated carbocycles. The molecule has 0 radical (unpaired) electrons. The molecule has 0 spiro atoms. The van der Waals surface area contributed by atoms with E-state index in [-0.39, 0.29) is 17.7 Å². The quantitative estimate of drug-likeness (QED) is 0.814. The van der Waals surface area contributed by atoms with E-state index < -0.39 is 0 Å². The van der Waals surface area contributed by atoms with Gasteiger partial charge >= 0.3 is 0 Å². The average molecular weight is 251 g/mol. The molecule has 0 bridgehead atoms. The van der Waals surface area contributed by atoms with Gasteiger partial charge in [0.2, 0.25) is 0 Å². The lowest BCUT2D eigenvalue weighted by atomic mass is 10.0. The fourth-order valence-corrected chi connectivity index (χ4v) is 1.51. The number of carbonyl (C=O) groups excluding carboxylic acids is 1. The van der Waals surface area contributed by atoms with Crippen molar-refractivity contribution in [2.24, 2.45) is 5.92 Å². The van der Waals surface area contributed by atoms with Crippen LogP contribution in [-0.4, -0.2) is 30.3 Å². The number of ether oxygens (including phenoxy) is 1. The van der Waals surface area contributed by atoms with E-state index in [0.29, 0.717) is 24.7 Å². The Bertz CT molecular complexity index is 373. The van der Waals surface area contributed by atoms with Crippen LogP contribution in [0.25, 0.3) is 0 Å². The van der Waals surface area contributed by atoms with Gasteiger partial charge in [-0.25, -0.2) is 0 Å². The van der Waals surface area contributed by atoms with E-state index in [1.807, 2.05) is 20.8 Å². The SMILES string of the molecule is CCOCC(NC(=O)c1ccc(O)cc1)C(C)C. The van der Waals surface area contributed by atoms with Crippen LogP contribution in [0.2, 0.25) is 0 Å². The molecule has 1 aromatic rings. The molecule has 2 N–H and O–H groups in total. The summed E-state index contributed by atoms with van der Waals surface area (Å²) >= 11 is 0. The van der Waals surface area contributed by atoms with Gasteiger partial charge in [0.25, 0.3) is 5.91 Å². The number of carbonyl (C=O) groups is 1. The number of aromatic hydroxyl groups is 1. The van der Waals surface area contributed by atoms with Gasteiger partial charge in [-0.3, -0.25) is 4.79 Å². The van der Waals surface area contributed by atoms with Crippen molar-refractivity contribution in [3.8, 4) is 5.75 Å². The molecule has 4 heteroatoms.